The molecule has 8 rings (SSSR count). The quantitative estimate of drug-likeness (QED) is 0.236. The number of furan rings is 1. The van der Waals surface area contributed by atoms with E-state index < -0.39 is 0 Å². The Kier molecular flexibility index (Phi) is 5.07. The topological polar surface area (TPSA) is 56.2 Å². The van der Waals surface area contributed by atoms with Gasteiger partial charge in [-0.3, -0.25) is 4.40 Å². The number of imidazole rings is 1. The van der Waals surface area contributed by atoms with E-state index in [9.17, 15) is 0 Å². The summed E-state index contributed by atoms with van der Waals surface area (Å²) >= 11 is 0. The molecule has 188 valence electrons. The van der Waals surface area contributed by atoms with Crippen LogP contribution in [0.25, 0.3) is 72.9 Å². The summed E-state index contributed by atoms with van der Waals surface area (Å²) < 4.78 is 8.21. The van der Waals surface area contributed by atoms with Gasteiger partial charge in [0, 0.05) is 28.3 Å². The summed E-state index contributed by atoms with van der Waals surface area (Å²) in [6, 6.07) is 43.1. The highest BCUT2D eigenvalue weighted by molar-refractivity contribution is 6.02. The molecule has 0 saturated heterocycles. The van der Waals surface area contributed by atoms with E-state index in [-0.39, 0.29) is 0 Å². The molecule has 0 fully saturated rings. The van der Waals surface area contributed by atoms with Crippen LogP contribution in [0.3, 0.4) is 0 Å². The van der Waals surface area contributed by atoms with E-state index in [4.69, 9.17) is 19.4 Å². The zero-order chi connectivity index (χ0) is 26.5. The first-order chi connectivity index (χ1) is 19.8. The number of para-hydroxylation sites is 1. The maximum atomic E-state index is 6.18. The van der Waals surface area contributed by atoms with Gasteiger partial charge in [-0.1, -0.05) is 91.0 Å². The van der Waals surface area contributed by atoms with Crippen molar-refractivity contribution >= 4 is 27.8 Å². The summed E-state index contributed by atoms with van der Waals surface area (Å²) in [4.78, 5) is 14.8. The van der Waals surface area contributed by atoms with Crippen LogP contribution < -0.4 is 0 Å². The van der Waals surface area contributed by atoms with Gasteiger partial charge in [-0.05, 0) is 47.5 Å². The summed E-state index contributed by atoms with van der Waals surface area (Å²) in [7, 11) is 0. The molecule has 0 unspecified atom stereocenters. The van der Waals surface area contributed by atoms with Gasteiger partial charge in [0.05, 0.1) is 11.4 Å². The molecule has 4 heterocycles. The Morgan fingerprint density at radius 3 is 1.90 bits per heavy atom. The smallest absolute Gasteiger partial charge is 0.232 e. The molecule has 40 heavy (non-hydrogen) atoms. The molecular weight excluding hydrogens is 492 g/mol. The maximum absolute atomic E-state index is 6.18. The summed E-state index contributed by atoms with van der Waals surface area (Å²) in [6.07, 6.45) is 2.09. The monoisotopic (exact) mass is 514 g/mol. The van der Waals surface area contributed by atoms with E-state index >= 15 is 0 Å². The lowest BCUT2D eigenvalue weighted by Gasteiger charge is -2.10. The Morgan fingerprint density at radius 2 is 1.15 bits per heavy atom. The van der Waals surface area contributed by atoms with Crippen molar-refractivity contribution in [3.8, 4) is 45.0 Å². The van der Waals surface area contributed by atoms with Crippen molar-refractivity contribution in [2.24, 2.45) is 0 Å². The van der Waals surface area contributed by atoms with E-state index in [1.54, 1.807) is 0 Å². The van der Waals surface area contributed by atoms with Crippen LogP contribution in [-0.4, -0.2) is 19.4 Å². The molecule has 0 atom stereocenters. The first-order valence-corrected chi connectivity index (χ1v) is 13.2. The lowest BCUT2D eigenvalue weighted by Crippen LogP contribution is -1.96. The third-order valence-electron chi connectivity index (χ3n) is 7.24. The van der Waals surface area contributed by atoms with Gasteiger partial charge < -0.3 is 4.42 Å². The molecule has 0 radical (unpaired) electrons. The molecule has 0 aliphatic rings. The minimum absolute atomic E-state index is 0.686. The fourth-order valence-corrected chi connectivity index (χ4v) is 5.25. The number of rotatable bonds is 4. The Morgan fingerprint density at radius 1 is 0.500 bits per heavy atom. The minimum Gasteiger partial charge on any atom is -0.437 e. The van der Waals surface area contributed by atoms with Gasteiger partial charge in [-0.2, -0.15) is 0 Å². The Balaban J connectivity index is 1.26. The molecule has 0 aliphatic carbocycles. The maximum Gasteiger partial charge on any atom is 0.232 e. The largest absolute Gasteiger partial charge is 0.437 e. The van der Waals surface area contributed by atoms with Gasteiger partial charge in [0.25, 0.3) is 0 Å². The standard InChI is InChI=1S/C35H22N4O/c1-3-10-23(11-4-1)29-21-30(24-12-5-2-6-13-24)37-34(36-29)26-15-9-14-25(20-26)27-18-19-32-38-33-28-16-7-8-17-31(28)40-35(33)39(32)22-27/h1-22H. The summed E-state index contributed by atoms with van der Waals surface area (Å²) in [5, 5.41) is 1.02. The average molecular weight is 515 g/mol. The molecule has 0 aliphatic heterocycles. The van der Waals surface area contributed by atoms with Crippen LogP contribution in [0.1, 0.15) is 0 Å². The summed E-state index contributed by atoms with van der Waals surface area (Å²) in [5.74, 6) is 0.686. The molecule has 0 N–H and O–H groups in total. The number of nitrogens with zero attached hydrogens (tertiary/aromatic N) is 4. The number of benzene rings is 4. The predicted molar refractivity (Wildman–Crippen MR) is 160 cm³/mol. The van der Waals surface area contributed by atoms with Gasteiger partial charge in [0.15, 0.2) is 5.82 Å². The van der Waals surface area contributed by atoms with Crippen molar-refractivity contribution < 1.29 is 4.42 Å². The van der Waals surface area contributed by atoms with E-state index in [0.29, 0.717) is 5.82 Å². The summed E-state index contributed by atoms with van der Waals surface area (Å²) in [5.41, 5.74) is 10.3. The second-order valence-corrected chi connectivity index (χ2v) is 9.78. The van der Waals surface area contributed by atoms with Crippen molar-refractivity contribution in [2.75, 3.05) is 0 Å². The molecule has 5 nitrogen and oxygen atoms in total. The van der Waals surface area contributed by atoms with Crippen molar-refractivity contribution in [3.05, 3.63) is 134 Å². The highest BCUT2D eigenvalue weighted by atomic mass is 16.3. The molecule has 0 amide bonds. The van der Waals surface area contributed by atoms with Crippen LogP contribution in [0.5, 0.6) is 0 Å². The van der Waals surface area contributed by atoms with E-state index in [1.165, 1.54) is 0 Å². The van der Waals surface area contributed by atoms with Gasteiger partial charge in [0.1, 0.15) is 16.7 Å². The van der Waals surface area contributed by atoms with Crippen molar-refractivity contribution in [1.29, 1.82) is 0 Å². The Hall–Kier alpha value is -5.55. The van der Waals surface area contributed by atoms with Crippen LogP contribution >= 0.6 is 0 Å². The Bertz CT molecular complexity index is 2100. The fourth-order valence-electron chi connectivity index (χ4n) is 5.25. The third kappa shape index (κ3) is 3.76. The first-order valence-electron chi connectivity index (χ1n) is 13.2. The molecule has 0 saturated carbocycles. The molecule has 0 bridgehead atoms. The van der Waals surface area contributed by atoms with Crippen LogP contribution in [-0.2, 0) is 0 Å². The highest BCUT2D eigenvalue weighted by Gasteiger charge is 2.15. The molecule has 4 aromatic carbocycles. The van der Waals surface area contributed by atoms with Gasteiger partial charge >= 0.3 is 0 Å². The van der Waals surface area contributed by atoms with Crippen LogP contribution in [0.2, 0.25) is 0 Å². The minimum atomic E-state index is 0.686. The molecule has 5 heteroatoms. The van der Waals surface area contributed by atoms with E-state index in [2.05, 4.69) is 66.9 Å². The number of aromatic nitrogens is 4. The van der Waals surface area contributed by atoms with Crippen molar-refractivity contribution in [2.45, 2.75) is 0 Å². The SMILES string of the molecule is c1ccc(-c2cc(-c3ccccc3)nc(-c3cccc(-c4ccc5nc6c7ccccc7oc6n5c4)c3)n2)cc1. The second-order valence-electron chi connectivity index (χ2n) is 9.78. The molecule has 0 spiro atoms. The molecule has 4 aromatic heterocycles. The lowest BCUT2D eigenvalue weighted by molar-refractivity contribution is 0.649. The number of fused-ring (bicyclic) bond motifs is 5. The predicted octanol–water partition coefficient (Wildman–Crippen LogP) is 8.69. The number of pyridine rings is 1. The van der Waals surface area contributed by atoms with Crippen molar-refractivity contribution in [1.82, 2.24) is 19.4 Å². The van der Waals surface area contributed by atoms with Gasteiger partial charge in [-0.15, -0.1) is 0 Å². The van der Waals surface area contributed by atoms with Crippen molar-refractivity contribution in [3.63, 3.8) is 0 Å². The third-order valence-corrected chi connectivity index (χ3v) is 7.24. The van der Waals surface area contributed by atoms with Crippen LogP contribution in [0.4, 0.5) is 0 Å². The van der Waals surface area contributed by atoms with E-state index in [1.807, 2.05) is 71.1 Å². The summed E-state index contributed by atoms with van der Waals surface area (Å²) in [6.45, 7) is 0. The fraction of sp³-hybridized carbons (Fsp3) is 0. The van der Waals surface area contributed by atoms with E-state index in [0.717, 1.165) is 67.1 Å². The molecule has 8 aromatic rings. The average Bonchev–Trinajstić information content (AvgIpc) is 3.58. The zero-order valence-corrected chi connectivity index (χ0v) is 21.4. The Labute approximate surface area is 230 Å². The zero-order valence-electron chi connectivity index (χ0n) is 21.4. The number of hydrogen-bond donors (Lipinski definition) is 0. The van der Waals surface area contributed by atoms with Gasteiger partial charge in [0.2, 0.25) is 5.71 Å². The highest BCUT2D eigenvalue weighted by Crippen LogP contribution is 2.32. The first kappa shape index (κ1) is 22.4. The molecular formula is C35H22N4O. The second kappa shape index (κ2) is 9.03. The lowest BCUT2D eigenvalue weighted by atomic mass is 10.0. The van der Waals surface area contributed by atoms with Gasteiger partial charge in [-0.25, -0.2) is 15.0 Å². The number of hydrogen-bond acceptors (Lipinski definition) is 4. The van der Waals surface area contributed by atoms with Crippen LogP contribution in [0, 0.1) is 0 Å². The normalized spacial score (nSPS) is 11.5. The van der Waals surface area contributed by atoms with Crippen LogP contribution in [0.15, 0.2) is 138 Å².